The minimum atomic E-state index is -1.24. The Kier molecular flexibility index (Phi) is 4.64. The molecule has 0 saturated carbocycles. The molecule has 116 valence electrons. The SMILES string of the molecule is CC(O)C(C(=O)O)n1cc(O)c(=O)cc1CN1CCCC1. The molecule has 1 aliphatic heterocycles. The molecule has 2 atom stereocenters. The Morgan fingerprint density at radius 3 is 2.52 bits per heavy atom. The Balaban J connectivity index is 2.43. The Bertz CT molecular complexity index is 575. The highest BCUT2D eigenvalue weighted by molar-refractivity contribution is 5.72. The molecule has 0 radical (unpaired) electrons. The number of aromatic hydroxyl groups is 1. The van der Waals surface area contributed by atoms with Crippen molar-refractivity contribution in [3.63, 3.8) is 0 Å². The number of rotatable bonds is 5. The molecule has 0 spiro atoms. The normalized spacial score (nSPS) is 18.6. The quantitative estimate of drug-likeness (QED) is 0.715. The second-order valence-electron chi connectivity index (χ2n) is 5.43. The third-order valence-electron chi connectivity index (χ3n) is 3.74. The van der Waals surface area contributed by atoms with E-state index in [9.17, 15) is 24.9 Å². The van der Waals surface area contributed by atoms with Gasteiger partial charge in [0.1, 0.15) is 0 Å². The van der Waals surface area contributed by atoms with Gasteiger partial charge in [0.15, 0.2) is 11.8 Å². The van der Waals surface area contributed by atoms with Crippen molar-refractivity contribution in [3.8, 4) is 5.75 Å². The summed E-state index contributed by atoms with van der Waals surface area (Å²) in [5.41, 5.74) is -0.0665. The highest BCUT2D eigenvalue weighted by atomic mass is 16.4. The van der Waals surface area contributed by atoms with Crippen LogP contribution in [0.5, 0.6) is 5.75 Å². The molecule has 0 bridgehead atoms. The van der Waals surface area contributed by atoms with Gasteiger partial charge in [-0.25, -0.2) is 4.79 Å². The number of carbonyl (C=O) groups is 1. The van der Waals surface area contributed by atoms with Crippen molar-refractivity contribution in [2.45, 2.75) is 38.5 Å². The van der Waals surface area contributed by atoms with Gasteiger partial charge in [-0.1, -0.05) is 0 Å². The van der Waals surface area contributed by atoms with Crippen molar-refractivity contribution in [1.29, 1.82) is 0 Å². The number of carboxylic acids is 1. The van der Waals surface area contributed by atoms with Crippen molar-refractivity contribution in [1.82, 2.24) is 9.47 Å². The van der Waals surface area contributed by atoms with Crippen molar-refractivity contribution < 1.29 is 20.1 Å². The molecule has 21 heavy (non-hydrogen) atoms. The molecule has 2 unspecified atom stereocenters. The standard InChI is InChI=1S/C14H20N2O5/c1-9(17)13(14(20)21)16-8-12(19)11(18)6-10(16)7-15-4-2-3-5-15/h6,8-9,13,17,19H,2-5,7H2,1H3,(H,20,21). The number of pyridine rings is 1. The Labute approximate surface area is 122 Å². The van der Waals surface area contributed by atoms with Crippen LogP contribution in [0.15, 0.2) is 17.1 Å². The maximum absolute atomic E-state index is 11.6. The van der Waals surface area contributed by atoms with E-state index < -0.39 is 29.3 Å². The first kappa shape index (κ1) is 15.5. The number of nitrogens with zero attached hydrogens (tertiary/aromatic N) is 2. The summed E-state index contributed by atoms with van der Waals surface area (Å²) in [4.78, 5) is 25.1. The fourth-order valence-electron chi connectivity index (χ4n) is 2.69. The van der Waals surface area contributed by atoms with Crippen LogP contribution in [-0.2, 0) is 11.3 Å². The van der Waals surface area contributed by atoms with Crippen molar-refractivity contribution >= 4 is 5.97 Å². The van der Waals surface area contributed by atoms with E-state index in [-0.39, 0.29) is 0 Å². The summed E-state index contributed by atoms with van der Waals surface area (Å²) in [6, 6.07) is 0.000466. The minimum absolute atomic E-state index is 0.423. The minimum Gasteiger partial charge on any atom is -0.503 e. The molecule has 1 aromatic rings. The molecule has 2 rings (SSSR count). The van der Waals surface area contributed by atoms with Gasteiger partial charge in [-0.2, -0.15) is 0 Å². The first-order valence-electron chi connectivity index (χ1n) is 6.97. The predicted octanol–water partition coefficient (Wildman–Crippen LogP) is 0.156. The average molecular weight is 296 g/mol. The van der Waals surface area contributed by atoms with Gasteiger partial charge in [0.2, 0.25) is 5.43 Å². The number of aliphatic hydroxyl groups excluding tert-OH is 1. The number of aliphatic carboxylic acids is 1. The third-order valence-corrected chi connectivity index (χ3v) is 3.74. The van der Waals surface area contributed by atoms with Crippen molar-refractivity contribution in [3.05, 3.63) is 28.2 Å². The molecular formula is C14H20N2O5. The molecule has 7 heteroatoms. The maximum atomic E-state index is 11.6. The lowest BCUT2D eigenvalue weighted by Gasteiger charge is -2.25. The van der Waals surface area contributed by atoms with E-state index in [1.165, 1.54) is 17.6 Å². The molecule has 1 fully saturated rings. The molecule has 2 heterocycles. The summed E-state index contributed by atoms with van der Waals surface area (Å²) in [5, 5.41) is 28.6. The van der Waals surface area contributed by atoms with E-state index >= 15 is 0 Å². The number of hydrogen-bond donors (Lipinski definition) is 3. The van der Waals surface area contributed by atoms with Crippen LogP contribution in [0.25, 0.3) is 0 Å². The summed E-state index contributed by atoms with van der Waals surface area (Å²) in [7, 11) is 0. The zero-order chi connectivity index (χ0) is 15.6. The lowest BCUT2D eigenvalue weighted by atomic mass is 10.1. The number of carboxylic acid groups (broad SMARTS) is 1. The van der Waals surface area contributed by atoms with Gasteiger partial charge in [-0.3, -0.25) is 9.69 Å². The molecule has 0 amide bonds. The first-order chi connectivity index (χ1) is 9.90. The van der Waals surface area contributed by atoms with E-state index in [1.807, 2.05) is 0 Å². The average Bonchev–Trinajstić information content (AvgIpc) is 2.87. The fraction of sp³-hybridized carbons (Fsp3) is 0.571. The number of likely N-dealkylation sites (tertiary alicyclic amines) is 1. The van der Waals surface area contributed by atoms with E-state index in [0.29, 0.717) is 12.2 Å². The lowest BCUT2D eigenvalue weighted by Crippen LogP contribution is -2.33. The highest BCUT2D eigenvalue weighted by Gasteiger charge is 2.27. The van der Waals surface area contributed by atoms with Gasteiger partial charge >= 0.3 is 5.97 Å². The smallest absolute Gasteiger partial charge is 0.329 e. The Morgan fingerprint density at radius 2 is 2.00 bits per heavy atom. The molecular weight excluding hydrogens is 276 g/mol. The zero-order valence-electron chi connectivity index (χ0n) is 11.9. The van der Waals surface area contributed by atoms with Gasteiger partial charge in [0.05, 0.1) is 12.3 Å². The number of hydrogen-bond acceptors (Lipinski definition) is 5. The summed E-state index contributed by atoms with van der Waals surface area (Å²) in [5.74, 6) is -1.73. The number of aromatic nitrogens is 1. The van der Waals surface area contributed by atoms with Crippen LogP contribution in [0.3, 0.4) is 0 Å². The Hall–Kier alpha value is -1.86. The fourth-order valence-corrected chi connectivity index (χ4v) is 2.69. The van der Waals surface area contributed by atoms with Gasteiger partial charge in [0.25, 0.3) is 0 Å². The molecule has 0 aromatic carbocycles. The van der Waals surface area contributed by atoms with E-state index in [2.05, 4.69) is 4.90 Å². The monoisotopic (exact) mass is 296 g/mol. The third kappa shape index (κ3) is 3.43. The largest absolute Gasteiger partial charge is 0.503 e. The van der Waals surface area contributed by atoms with Crippen LogP contribution in [-0.4, -0.2) is 49.9 Å². The van der Waals surface area contributed by atoms with Crippen molar-refractivity contribution in [2.24, 2.45) is 0 Å². The van der Waals surface area contributed by atoms with Gasteiger partial charge in [0, 0.05) is 18.3 Å². The Morgan fingerprint density at radius 1 is 1.38 bits per heavy atom. The van der Waals surface area contributed by atoms with E-state index in [1.54, 1.807) is 0 Å². The van der Waals surface area contributed by atoms with Crippen LogP contribution < -0.4 is 5.43 Å². The second kappa shape index (κ2) is 6.28. The van der Waals surface area contributed by atoms with Crippen LogP contribution in [0.1, 0.15) is 31.5 Å². The molecule has 3 N–H and O–H groups in total. The molecule has 1 aromatic heterocycles. The molecule has 0 aliphatic carbocycles. The summed E-state index contributed by atoms with van der Waals surface area (Å²) in [6.45, 7) is 3.57. The number of aliphatic hydroxyl groups is 1. The van der Waals surface area contributed by atoms with Crippen molar-refractivity contribution in [2.75, 3.05) is 13.1 Å². The van der Waals surface area contributed by atoms with Gasteiger partial charge < -0.3 is 19.9 Å². The maximum Gasteiger partial charge on any atom is 0.329 e. The summed E-state index contributed by atoms with van der Waals surface area (Å²) in [6.07, 6.45) is 2.09. The van der Waals surface area contributed by atoms with E-state index in [4.69, 9.17) is 0 Å². The van der Waals surface area contributed by atoms with E-state index in [0.717, 1.165) is 32.1 Å². The molecule has 7 nitrogen and oxygen atoms in total. The highest BCUT2D eigenvalue weighted by Crippen LogP contribution is 2.20. The van der Waals surface area contributed by atoms with Crippen LogP contribution >= 0.6 is 0 Å². The van der Waals surface area contributed by atoms with Gasteiger partial charge in [-0.15, -0.1) is 0 Å². The molecule has 1 saturated heterocycles. The van der Waals surface area contributed by atoms with Crippen LogP contribution in [0.4, 0.5) is 0 Å². The van der Waals surface area contributed by atoms with Crippen LogP contribution in [0, 0.1) is 0 Å². The van der Waals surface area contributed by atoms with Gasteiger partial charge in [-0.05, 0) is 32.9 Å². The predicted molar refractivity (Wildman–Crippen MR) is 75.2 cm³/mol. The first-order valence-corrected chi connectivity index (χ1v) is 6.97. The summed E-state index contributed by atoms with van der Waals surface area (Å²) >= 11 is 0. The van der Waals surface area contributed by atoms with Crippen LogP contribution in [0.2, 0.25) is 0 Å². The summed E-state index contributed by atoms with van der Waals surface area (Å²) < 4.78 is 1.28. The lowest BCUT2D eigenvalue weighted by molar-refractivity contribution is -0.144. The topological polar surface area (TPSA) is 103 Å². The molecule has 1 aliphatic rings. The second-order valence-corrected chi connectivity index (χ2v) is 5.43. The zero-order valence-corrected chi connectivity index (χ0v) is 11.9.